The highest BCUT2D eigenvalue weighted by atomic mass is 15.2. The summed E-state index contributed by atoms with van der Waals surface area (Å²) in [4.78, 5) is 2.74. The fourth-order valence-electron chi connectivity index (χ4n) is 3.12. The Morgan fingerprint density at radius 1 is 1.11 bits per heavy atom. The molecule has 1 aromatic carbocycles. The third-order valence-electron chi connectivity index (χ3n) is 4.25. The van der Waals surface area contributed by atoms with Gasteiger partial charge >= 0.3 is 0 Å². The SMILES string of the molecule is CCCC(Cc1ccccc1C)N1CCCCC1. The van der Waals surface area contributed by atoms with Crippen molar-refractivity contribution in [2.45, 2.75) is 58.4 Å². The van der Waals surface area contributed by atoms with E-state index in [1.165, 1.54) is 57.2 Å². The second-order valence-electron chi connectivity index (χ2n) is 5.67. The van der Waals surface area contributed by atoms with Crippen LogP contribution in [-0.2, 0) is 6.42 Å². The molecule has 0 aromatic heterocycles. The van der Waals surface area contributed by atoms with Crippen molar-refractivity contribution in [3.63, 3.8) is 0 Å². The number of hydrogen-bond acceptors (Lipinski definition) is 1. The molecule has 18 heavy (non-hydrogen) atoms. The Balaban J connectivity index is 2.03. The maximum absolute atomic E-state index is 2.74. The van der Waals surface area contributed by atoms with Crippen LogP contribution < -0.4 is 0 Å². The van der Waals surface area contributed by atoms with E-state index >= 15 is 0 Å². The Hall–Kier alpha value is -0.820. The molecule has 0 bridgehead atoms. The number of benzene rings is 1. The zero-order valence-corrected chi connectivity index (χ0v) is 12.0. The van der Waals surface area contributed by atoms with E-state index in [4.69, 9.17) is 0 Å². The van der Waals surface area contributed by atoms with Crippen molar-refractivity contribution >= 4 is 0 Å². The van der Waals surface area contributed by atoms with Gasteiger partial charge in [0.05, 0.1) is 0 Å². The molecule has 1 atom stereocenters. The maximum atomic E-state index is 2.74. The number of rotatable bonds is 5. The third-order valence-corrected chi connectivity index (χ3v) is 4.25. The van der Waals surface area contributed by atoms with Crippen LogP contribution in [0.15, 0.2) is 24.3 Å². The van der Waals surface area contributed by atoms with Gasteiger partial charge in [-0.15, -0.1) is 0 Å². The first-order chi connectivity index (χ1) is 8.81. The lowest BCUT2D eigenvalue weighted by molar-refractivity contribution is 0.153. The summed E-state index contributed by atoms with van der Waals surface area (Å²) in [7, 11) is 0. The Kier molecular flexibility index (Phi) is 5.25. The van der Waals surface area contributed by atoms with Gasteiger partial charge in [-0.2, -0.15) is 0 Å². The van der Waals surface area contributed by atoms with Crippen molar-refractivity contribution in [3.05, 3.63) is 35.4 Å². The molecule has 1 aromatic rings. The summed E-state index contributed by atoms with van der Waals surface area (Å²) in [5.74, 6) is 0. The molecule has 0 amide bonds. The smallest absolute Gasteiger partial charge is 0.0136 e. The summed E-state index contributed by atoms with van der Waals surface area (Å²) in [6.45, 7) is 7.19. The topological polar surface area (TPSA) is 3.24 Å². The van der Waals surface area contributed by atoms with Gasteiger partial charge in [0.25, 0.3) is 0 Å². The van der Waals surface area contributed by atoms with Crippen molar-refractivity contribution in [2.24, 2.45) is 0 Å². The first kappa shape index (κ1) is 13.6. The second kappa shape index (κ2) is 6.94. The van der Waals surface area contributed by atoms with E-state index in [0.717, 1.165) is 6.04 Å². The van der Waals surface area contributed by atoms with Crippen LogP contribution in [0, 0.1) is 6.92 Å². The minimum absolute atomic E-state index is 0.761. The zero-order chi connectivity index (χ0) is 12.8. The average molecular weight is 245 g/mol. The fourth-order valence-corrected chi connectivity index (χ4v) is 3.12. The van der Waals surface area contributed by atoms with Crippen molar-refractivity contribution in [1.29, 1.82) is 0 Å². The molecule has 1 nitrogen and oxygen atoms in total. The van der Waals surface area contributed by atoms with E-state index in [1.807, 2.05) is 0 Å². The van der Waals surface area contributed by atoms with E-state index in [0.29, 0.717) is 0 Å². The standard InChI is InChI=1S/C17H27N/c1-3-9-17(18-12-7-4-8-13-18)14-16-11-6-5-10-15(16)2/h5-6,10-11,17H,3-4,7-9,12-14H2,1-2H3. The Labute approximate surface area is 112 Å². The molecule has 0 N–H and O–H groups in total. The molecule has 1 unspecified atom stereocenters. The van der Waals surface area contributed by atoms with Gasteiger partial charge in [0.2, 0.25) is 0 Å². The largest absolute Gasteiger partial charge is 0.300 e. The van der Waals surface area contributed by atoms with Gasteiger partial charge < -0.3 is 4.90 Å². The molecule has 2 rings (SSSR count). The fraction of sp³-hybridized carbons (Fsp3) is 0.647. The van der Waals surface area contributed by atoms with E-state index < -0.39 is 0 Å². The van der Waals surface area contributed by atoms with E-state index in [-0.39, 0.29) is 0 Å². The van der Waals surface area contributed by atoms with E-state index in [9.17, 15) is 0 Å². The Bertz CT molecular complexity index is 352. The van der Waals surface area contributed by atoms with Gasteiger partial charge in [-0.05, 0) is 56.8 Å². The van der Waals surface area contributed by atoms with Crippen LogP contribution in [0.4, 0.5) is 0 Å². The van der Waals surface area contributed by atoms with E-state index in [2.05, 4.69) is 43.0 Å². The number of aryl methyl sites for hydroxylation is 1. The summed E-state index contributed by atoms with van der Waals surface area (Å²) in [6.07, 6.45) is 8.10. The number of piperidine rings is 1. The molecule has 1 aliphatic rings. The van der Waals surface area contributed by atoms with Gasteiger partial charge in [0.15, 0.2) is 0 Å². The predicted octanol–water partition coefficient (Wildman–Crippen LogP) is 4.19. The van der Waals surface area contributed by atoms with Gasteiger partial charge in [0.1, 0.15) is 0 Å². The summed E-state index contributed by atoms with van der Waals surface area (Å²) >= 11 is 0. The Morgan fingerprint density at radius 3 is 2.50 bits per heavy atom. The molecular formula is C17H27N. The van der Waals surface area contributed by atoms with Crippen molar-refractivity contribution in [3.8, 4) is 0 Å². The van der Waals surface area contributed by atoms with Crippen LogP contribution in [0.3, 0.4) is 0 Å². The predicted molar refractivity (Wildman–Crippen MR) is 79.0 cm³/mol. The molecular weight excluding hydrogens is 218 g/mol. The third kappa shape index (κ3) is 3.58. The molecule has 0 saturated carbocycles. The molecule has 1 fully saturated rings. The maximum Gasteiger partial charge on any atom is 0.0136 e. The minimum Gasteiger partial charge on any atom is -0.300 e. The van der Waals surface area contributed by atoms with Crippen molar-refractivity contribution < 1.29 is 0 Å². The monoisotopic (exact) mass is 245 g/mol. The first-order valence-corrected chi connectivity index (χ1v) is 7.60. The molecule has 0 radical (unpaired) electrons. The highest BCUT2D eigenvalue weighted by Crippen LogP contribution is 2.20. The second-order valence-corrected chi connectivity index (χ2v) is 5.67. The highest BCUT2D eigenvalue weighted by molar-refractivity contribution is 5.26. The van der Waals surface area contributed by atoms with Gasteiger partial charge in [0, 0.05) is 6.04 Å². The summed E-state index contributed by atoms with van der Waals surface area (Å²) in [5.41, 5.74) is 3.00. The lowest BCUT2D eigenvalue weighted by atomic mass is 9.95. The number of nitrogens with zero attached hydrogens (tertiary/aromatic N) is 1. The van der Waals surface area contributed by atoms with Crippen LogP contribution >= 0.6 is 0 Å². The molecule has 1 heterocycles. The quantitative estimate of drug-likeness (QED) is 0.752. The van der Waals surface area contributed by atoms with Crippen LogP contribution in [0.1, 0.15) is 50.2 Å². The van der Waals surface area contributed by atoms with Gasteiger partial charge in [-0.25, -0.2) is 0 Å². The summed E-state index contributed by atoms with van der Waals surface area (Å²) < 4.78 is 0. The summed E-state index contributed by atoms with van der Waals surface area (Å²) in [6, 6.07) is 9.64. The molecule has 0 spiro atoms. The summed E-state index contributed by atoms with van der Waals surface area (Å²) in [5, 5.41) is 0. The zero-order valence-electron chi connectivity index (χ0n) is 12.0. The first-order valence-electron chi connectivity index (χ1n) is 7.60. The van der Waals surface area contributed by atoms with Crippen molar-refractivity contribution in [2.75, 3.05) is 13.1 Å². The van der Waals surface area contributed by atoms with Crippen LogP contribution in [0.2, 0.25) is 0 Å². The van der Waals surface area contributed by atoms with Crippen molar-refractivity contribution in [1.82, 2.24) is 4.90 Å². The Morgan fingerprint density at radius 2 is 1.83 bits per heavy atom. The lowest BCUT2D eigenvalue weighted by Gasteiger charge is -2.35. The molecule has 1 saturated heterocycles. The van der Waals surface area contributed by atoms with Crippen LogP contribution in [-0.4, -0.2) is 24.0 Å². The van der Waals surface area contributed by atoms with Gasteiger partial charge in [-0.3, -0.25) is 0 Å². The highest BCUT2D eigenvalue weighted by Gasteiger charge is 2.20. The van der Waals surface area contributed by atoms with Crippen LogP contribution in [0.25, 0.3) is 0 Å². The van der Waals surface area contributed by atoms with Crippen LogP contribution in [0.5, 0.6) is 0 Å². The normalized spacial score (nSPS) is 18.8. The lowest BCUT2D eigenvalue weighted by Crippen LogP contribution is -2.40. The average Bonchev–Trinajstić information content (AvgIpc) is 2.42. The molecule has 1 heteroatoms. The molecule has 100 valence electrons. The molecule has 1 aliphatic heterocycles. The number of hydrogen-bond donors (Lipinski definition) is 0. The minimum atomic E-state index is 0.761. The van der Waals surface area contributed by atoms with E-state index in [1.54, 1.807) is 5.56 Å². The van der Waals surface area contributed by atoms with Gasteiger partial charge in [-0.1, -0.05) is 44.0 Å². The number of likely N-dealkylation sites (tertiary alicyclic amines) is 1. The molecule has 0 aliphatic carbocycles.